The monoisotopic (exact) mass is 245 g/mol. The molecule has 0 saturated carbocycles. The molecule has 0 N–H and O–H groups in total. The van der Waals surface area contributed by atoms with Gasteiger partial charge in [0.15, 0.2) is 0 Å². The van der Waals surface area contributed by atoms with Crippen LogP contribution < -0.4 is 0 Å². The van der Waals surface area contributed by atoms with Crippen molar-refractivity contribution in [1.82, 2.24) is 4.90 Å². The maximum atomic E-state index is 12.3. The lowest BCUT2D eigenvalue weighted by molar-refractivity contribution is -0.136. The third-order valence-electron chi connectivity index (χ3n) is 3.87. The summed E-state index contributed by atoms with van der Waals surface area (Å²) in [6.07, 6.45) is 2.16. The number of nitrogens with zero attached hydrogens (tertiary/aromatic N) is 1. The molecule has 4 atom stereocenters. The molecule has 0 aliphatic carbocycles. The molecule has 2 saturated heterocycles. The predicted octanol–water partition coefficient (Wildman–Crippen LogP) is 1.89. The number of rotatable bonds is 2. The Labute approximate surface area is 102 Å². The van der Waals surface area contributed by atoms with Crippen LogP contribution in [-0.4, -0.2) is 42.0 Å². The fourth-order valence-corrected chi connectivity index (χ4v) is 3.21. The van der Waals surface area contributed by atoms with Gasteiger partial charge in [0.2, 0.25) is 5.91 Å². The van der Waals surface area contributed by atoms with Crippen LogP contribution in [0.25, 0.3) is 0 Å². The number of halogens is 1. The quantitative estimate of drug-likeness (QED) is 0.696. The minimum Gasteiger partial charge on any atom is -0.378 e. The Balaban J connectivity index is 1.99. The van der Waals surface area contributed by atoms with E-state index in [1.165, 1.54) is 0 Å². The van der Waals surface area contributed by atoms with Gasteiger partial charge in [0.05, 0.1) is 18.6 Å². The normalized spacial score (nSPS) is 39.3. The van der Waals surface area contributed by atoms with Crippen molar-refractivity contribution in [3.8, 4) is 0 Å². The summed E-state index contributed by atoms with van der Waals surface area (Å²) >= 11 is 5.95. The highest BCUT2D eigenvalue weighted by molar-refractivity contribution is 6.18. The zero-order valence-electron chi connectivity index (χ0n) is 9.99. The van der Waals surface area contributed by atoms with Gasteiger partial charge in [0.1, 0.15) is 0 Å². The van der Waals surface area contributed by atoms with Crippen molar-refractivity contribution in [1.29, 1.82) is 0 Å². The van der Waals surface area contributed by atoms with E-state index in [2.05, 4.69) is 6.92 Å². The van der Waals surface area contributed by atoms with Crippen LogP contribution in [0.3, 0.4) is 0 Å². The zero-order valence-corrected chi connectivity index (χ0v) is 10.7. The highest BCUT2D eigenvalue weighted by Gasteiger charge is 2.38. The largest absolute Gasteiger partial charge is 0.378 e. The molecular formula is C12H20ClNO2. The highest BCUT2D eigenvalue weighted by Crippen LogP contribution is 2.29. The third-order valence-corrected chi connectivity index (χ3v) is 4.19. The Morgan fingerprint density at radius 2 is 2.25 bits per heavy atom. The van der Waals surface area contributed by atoms with E-state index < -0.39 is 0 Å². The number of alkyl halides is 1. The van der Waals surface area contributed by atoms with Crippen LogP contribution in [0, 0.1) is 11.8 Å². The van der Waals surface area contributed by atoms with Crippen molar-refractivity contribution >= 4 is 17.5 Å². The smallest absolute Gasteiger partial charge is 0.228 e. The van der Waals surface area contributed by atoms with Crippen molar-refractivity contribution in [2.45, 2.75) is 38.8 Å². The predicted molar refractivity (Wildman–Crippen MR) is 63.5 cm³/mol. The molecule has 1 amide bonds. The standard InChI is InChI=1S/C12H20ClNO2/c1-8-3-4-14(11(8)6-13)12(15)10-5-9(2)16-7-10/h8-11H,3-7H2,1-2H3. The minimum atomic E-state index is 0.0611. The van der Waals surface area contributed by atoms with Crippen LogP contribution in [-0.2, 0) is 9.53 Å². The van der Waals surface area contributed by atoms with Gasteiger partial charge in [-0.2, -0.15) is 0 Å². The van der Waals surface area contributed by atoms with E-state index in [0.29, 0.717) is 18.4 Å². The van der Waals surface area contributed by atoms with E-state index in [0.717, 1.165) is 19.4 Å². The molecule has 2 heterocycles. The molecule has 16 heavy (non-hydrogen) atoms. The van der Waals surface area contributed by atoms with Gasteiger partial charge in [-0.15, -0.1) is 11.6 Å². The second kappa shape index (κ2) is 4.92. The summed E-state index contributed by atoms with van der Waals surface area (Å²) in [4.78, 5) is 14.3. The first-order chi connectivity index (χ1) is 7.63. The van der Waals surface area contributed by atoms with Gasteiger partial charge in [0, 0.05) is 18.5 Å². The van der Waals surface area contributed by atoms with E-state index in [9.17, 15) is 4.79 Å². The molecule has 2 fully saturated rings. The SMILES string of the molecule is CC1CC(C(=O)N2CCC(C)C2CCl)CO1. The number of carbonyl (C=O) groups is 1. The van der Waals surface area contributed by atoms with E-state index in [-0.39, 0.29) is 24.0 Å². The van der Waals surface area contributed by atoms with E-state index in [4.69, 9.17) is 16.3 Å². The average molecular weight is 246 g/mol. The van der Waals surface area contributed by atoms with E-state index in [1.807, 2.05) is 11.8 Å². The molecule has 0 bridgehead atoms. The Hall–Kier alpha value is -0.280. The molecule has 92 valence electrons. The Morgan fingerprint density at radius 3 is 2.81 bits per heavy atom. The summed E-state index contributed by atoms with van der Waals surface area (Å²) in [6, 6.07) is 0.227. The minimum absolute atomic E-state index is 0.0611. The van der Waals surface area contributed by atoms with Crippen molar-refractivity contribution in [3.63, 3.8) is 0 Å². The number of hydrogen-bond acceptors (Lipinski definition) is 2. The molecule has 0 aromatic carbocycles. The first kappa shape index (κ1) is 12.2. The summed E-state index contributed by atoms with van der Waals surface area (Å²) in [5.41, 5.74) is 0. The van der Waals surface area contributed by atoms with Gasteiger partial charge in [-0.25, -0.2) is 0 Å². The average Bonchev–Trinajstić information content (AvgIpc) is 2.83. The van der Waals surface area contributed by atoms with Gasteiger partial charge in [-0.1, -0.05) is 6.92 Å². The summed E-state index contributed by atoms with van der Waals surface area (Å²) in [7, 11) is 0. The summed E-state index contributed by atoms with van der Waals surface area (Å²) in [6.45, 7) is 5.65. The summed E-state index contributed by atoms with van der Waals surface area (Å²) < 4.78 is 5.46. The van der Waals surface area contributed by atoms with Crippen molar-refractivity contribution in [3.05, 3.63) is 0 Å². The van der Waals surface area contributed by atoms with Crippen molar-refractivity contribution in [2.75, 3.05) is 19.0 Å². The van der Waals surface area contributed by atoms with Crippen LogP contribution >= 0.6 is 11.6 Å². The van der Waals surface area contributed by atoms with Gasteiger partial charge in [-0.05, 0) is 25.7 Å². The Kier molecular flexibility index (Phi) is 3.75. The topological polar surface area (TPSA) is 29.5 Å². The van der Waals surface area contributed by atoms with Crippen LogP contribution in [0.1, 0.15) is 26.7 Å². The molecule has 4 unspecified atom stereocenters. The lowest BCUT2D eigenvalue weighted by Crippen LogP contribution is -2.42. The van der Waals surface area contributed by atoms with Crippen LogP contribution in [0.2, 0.25) is 0 Å². The maximum Gasteiger partial charge on any atom is 0.228 e. The number of amides is 1. The number of carbonyl (C=O) groups excluding carboxylic acids is 1. The van der Waals surface area contributed by atoms with Gasteiger partial charge in [-0.3, -0.25) is 4.79 Å². The second-order valence-electron chi connectivity index (χ2n) is 5.10. The molecule has 3 nitrogen and oxygen atoms in total. The summed E-state index contributed by atoms with van der Waals surface area (Å²) in [5, 5.41) is 0. The molecule has 0 spiro atoms. The van der Waals surface area contributed by atoms with Gasteiger partial charge >= 0.3 is 0 Å². The van der Waals surface area contributed by atoms with Crippen molar-refractivity contribution < 1.29 is 9.53 Å². The lowest BCUT2D eigenvalue weighted by atomic mass is 10.0. The molecule has 2 aliphatic heterocycles. The van der Waals surface area contributed by atoms with Gasteiger partial charge in [0.25, 0.3) is 0 Å². The zero-order chi connectivity index (χ0) is 11.7. The van der Waals surface area contributed by atoms with E-state index in [1.54, 1.807) is 0 Å². The Morgan fingerprint density at radius 1 is 1.50 bits per heavy atom. The van der Waals surface area contributed by atoms with Crippen molar-refractivity contribution in [2.24, 2.45) is 11.8 Å². The highest BCUT2D eigenvalue weighted by atomic mass is 35.5. The molecule has 2 rings (SSSR count). The number of ether oxygens (including phenoxy) is 1. The van der Waals surface area contributed by atoms with Crippen LogP contribution in [0.4, 0.5) is 0 Å². The lowest BCUT2D eigenvalue weighted by Gasteiger charge is -2.27. The fourth-order valence-electron chi connectivity index (χ4n) is 2.74. The van der Waals surface area contributed by atoms with E-state index >= 15 is 0 Å². The van der Waals surface area contributed by atoms with Crippen LogP contribution in [0.5, 0.6) is 0 Å². The van der Waals surface area contributed by atoms with Gasteiger partial charge < -0.3 is 9.64 Å². The second-order valence-corrected chi connectivity index (χ2v) is 5.40. The molecule has 2 aliphatic rings. The number of likely N-dealkylation sites (tertiary alicyclic amines) is 1. The molecule has 0 radical (unpaired) electrons. The maximum absolute atomic E-state index is 12.3. The summed E-state index contributed by atoms with van der Waals surface area (Å²) in [5.74, 6) is 1.39. The fraction of sp³-hybridized carbons (Fsp3) is 0.917. The Bertz CT molecular complexity index is 272. The molecular weight excluding hydrogens is 226 g/mol. The van der Waals surface area contributed by atoms with Crippen LogP contribution in [0.15, 0.2) is 0 Å². The first-order valence-corrected chi connectivity index (χ1v) is 6.65. The molecule has 0 aromatic rings. The number of hydrogen-bond donors (Lipinski definition) is 0. The first-order valence-electron chi connectivity index (χ1n) is 6.11. The third kappa shape index (κ3) is 2.21. The molecule has 4 heteroatoms. The molecule has 0 aromatic heterocycles.